The molecule has 0 unspecified atom stereocenters. The zero-order valence-electron chi connectivity index (χ0n) is 17.4. The monoisotopic (exact) mass is 455 g/mol. The zero-order chi connectivity index (χ0) is 22.5. The van der Waals surface area contributed by atoms with Crippen LogP contribution < -0.4 is 0 Å². The molecule has 3 aliphatic rings. The number of nitrogens with zero attached hydrogens (tertiary/aromatic N) is 3. The van der Waals surface area contributed by atoms with Crippen molar-refractivity contribution >= 4 is 34.0 Å². The van der Waals surface area contributed by atoms with E-state index >= 15 is 0 Å². The van der Waals surface area contributed by atoms with E-state index in [1.54, 1.807) is 12.1 Å². The third kappa shape index (κ3) is 3.27. The summed E-state index contributed by atoms with van der Waals surface area (Å²) in [7, 11) is 0. The first-order chi connectivity index (χ1) is 16.1. The third-order valence-electron chi connectivity index (χ3n) is 6.32. The van der Waals surface area contributed by atoms with E-state index < -0.39 is 0 Å². The number of nitro groups is 1. The van der Waals surface area contributed by atoms with Crippen LogP contribution in [-0.2, 0) is 6.42 Å². The van der Waals surface area contributed by atoms with Gasteiger partial charge in [0.1, 0.15) is 5.82 Å². The molecule has 7 heteroatoms. The first kappa shape index (κ1) is 19.9. The number of hydrogen-bond donors (Lipinski definition) is 0. The topological polar surface area (TPSA) is 58.7 Å². The van der Waals surface area contributed by atoms with Crippen LogP contribution in [0.1, 0.15) is 34.7 Å². The average molecular weight is 456 g/mol. The predicted octanol–water partition coefficient (Wildman–Crippen LogP) is 6.55. The van der Waals surface area contributed by atoms with Crippen molar-refractivity contribution in [2.45, 2.75) is 18.9 Å². The van der Waals surface area contributed by atoms with Crippen LogP contribution in [0.3, 0.4) is 0 Å². The Bertz CT molecular complexity index is 1390. The van der Waals surface area contributed by atoms with E-state index in [2.05, 4.69) is 23.1 Å². The number of rotatable bonds is 3. The lowest BCUT2D eigenvalue weighted by atomic mass is 9.82. The van der Waals surface area contributed by atoms with Gasteiger partial charge in [-0.1, -0.05) is 60.3 Å². The molecule has 2 heterocycles. The highest BCUT2D eigenvalue weighted by molar-refractivity contribution is 8.16. The van der Waals surface area contributed by atoms with E-state index in [9.17, 15) is 14.5 Å². The summed E-state index contributed by atoms with van der Waals surface area (Å²) in [5, 5.41) is 14.2. The lowest BCUT2D eigenvalue weighted by Gasteiger charge is -2.39. The van der Waals surface area contributed by atoms with Crippen LogP contribution in [-0.4, -0.2) is 15.0 Å². The second kappa shape index (κ2) is 7.71. The summed E-state index contributed by atoms with van der Waals surface area (Å²) in [6.07, 6.45) is 1.75. The largest absolute Gasteiger partial charge is 0.308 e. The lowest BCUT2D eigenvalue weighted by molar-refractivity contribution is -0.384. The molecule has 0 amide bonds. The number of thioether (sulfide) groups is 1. The molecular weight excluding hydrogens is 437 g/mol. The van der Waals surface area contributed by atoms with Gasteiger partial charge in [0.05, 0.1) is 22.4 Å². The van der Waals surface area contributed by atoms with Crippen molar-refractivity contribution in [1.82, 2.24) is 4.90 Å². The molecule has 6 rings (SSSR count). The molecule has 0 saturated heterocycles. The molecule has 0 spiro atoms. The van der Waals surface area contributed by atoms with E-state index in [0.717, 1.165) is 46.1 Å². The number of halogens is 1. The first-order valence-corrected chi connectivity index (χ1v) is 11.5. The number of non-ortho nitro benzene ring substituents is 1. The van der Waals surface area contributed by atoms with Crippen molar-refractivity contribution in [2.24, 2.45) is 4.99 Å². The van der Waals surface area contributed by atoms with Gasteiger partial charge in [0.15, 0.2) is 5.17 Å². The molecule has 3 aromatic carbocycles. The normalized spacial score (nSPS) is 18.8. The van der Waals surface area contributed by atoms with E-state index in [0.29, 0.717) is 0 Å². The first-order valence-electron chi connectivity index (χ1n) is 10.7. The summed E-state index contributed by atoms with van der Waals surface area (Å²) in [6.45, 7) is 0. The van der Waals surface area contributed by atoms with Gasteiger partial charge in [-0.25, -0.2) is 9.38 Å². The van der Waals surface area contributed by atoms with Gasteiger partial charge in [0.2, 0.25) is 0 Å². The van der Waals surface area contributed by atoms with Gasteiger partial charge in [0.25, 0.3) is 5.69 Å². The zero-order valence-corrected chi connectivity index (χ0v) is 18.3. The Morgan fingerprint density at radius 3 is 2.67 bits per heavy atom. The maximum atomic E-state index is 13.8. The molecule has 0 saturated carbocycles. The molecule has 33 heavy (non-hydrogen) atoms. The highest BCUT2D eigenvalue weighted by Gasteiger charge is 2.40. The van der Waals surface area contributed by atoms with Gasteiger partial charge in [-0.3, -0.25) is 10.1 Å². The van der Waals surface area contributed by atoms with Gasteiger partial charge >= 0.3 is 0 Å². The highest BCUT2D eigenvalue weighted by Crippen LogP contribution is 2.51. The third-order valence-corrected chi connectivity index (χ3v) is 7.16. The van der Waals surface area contributed by atoms with Crippen LogP contribution in [0.15, 0.2) is 88.8 Å². The molecule has 2 aliphatic heterocycles. The molecule has 1 atom stereocenters. The average Bonchev–Trinajstić information content (AvgIpc) is 3.27. The number of hydrogen-bond acceptors (Lipinski definition) is 5. The predicted molar refractivity (Wildman–Crippen MR) is 129 cm³/mol. The quantitative estimate of drug-likeness (QED) is 0.332. The van der Waals surface area contributed by atoms with Crippen molar-refractivity contribution < 1.29 is 9.31 Å². The van der Waals surface area contributed by atoms with Crippen LogP contribution in [0.5, 0.6) is 0 Å². The van der Waals surface area contributed by atoms with Crippen LogP contribution in [0.2, 0.25) is 0 Å². The number of nitro benzene ring substituents is 1. The Morgan fingerprint density at radius 2 is 1.85 bits per heavy atom. The highest BCUT2D eigenvalue weighted by atomic mass is 32.2. The Hall–Kier alpha value is -3.71. The van der Waals surface area contributed by atoms with Crippen LogP contribution in [0.4, 0.5) is 10.1 Å². The fraction of sp³-hybridized carbons (Fsp3) is 0.115. The minimum absolute atomic E-state index is 0.0469. The minimum Gasteiger partial charge on any atom is -0.308 e. The fourth-order valence-electron chi connectivity index (χ4n) is 4.82. The number of benzene rings is 3. The molecule has 0 bridgehead atoms. The van der Waals surface area contributed by atoms with Crippen LogP contribution in [0.25, 0.3) is 11.4 Å². The molecule has 5 nitrogen and oxygen atoms in total. The summed E-state index contributed by atoms with van der Waals surface area (Å²) in [5.74, 6) is -0.281. The molecule has 0 radical (unpaired) electrons. The standard InChI is InChI=1S/C26H18FN3O2S/c27-19-11-8-17(9-12-19)25-22-13-10-16-4-1-2-7-21(16)24(22)28-26-29(25)23(15-33-26)18-5-3-6-20(14-18)30(31)32/h1-9,11-12,14-15,25H,10,13H2/t25-/m1/s1. The fourth-order valence-corrected chi connectivity index (χ4v) is 5.74. The summed E-state index contributed by atoms with van der Waals surface area (Å²) >= 11 is 1.51. The Morgan fingerprint density at radius 1 is 1.03 bits per heavy atom. The maximum Gasteiger partial charge on any atom is 0.270 e. The minimum atomic E-state index is -0.381. The summed E-state index contributed by atoms with van der Waals surface area (Å²) in [4.78, 5) is 18.2. The lowest BCUT2D eigenvalue weighted by Crippen LogP contribution is -2.34. The molecular formula is C26H18FN3O2S. The summed E-state index contributed by atoms with van der Waals surface area (Å²) in [6, 6.07) is 21.5. The number of amidine groups is 1. The van der Waals surface area contributed by atoms with Gasteiger partial charge in [-0.05, 0) is 41.7 Å². The molecule has 3 aromatic rings. The molecule has 0 fully saturated rings. The number of aryl methyl sites for hydroxylation is 1. The van der Waals surface area contributed by atoms with Crippen LogP contribution >= 0.6 is 11.8 Å². The van der Waals surface area contributed by atoms with Gasteiger partial charge in [0, 0.05) is 28.7 Å². The van der Waals surface area contributed by atoms with Crippen molar-refractivity contribution in [3.63, 3.8) is 0 Å². The van der Waals surface area contributed by atoms with Crippen molar-refractivity contribution in [3.05, 3.63) is 122 Å². The van der Waals surface area contributed by atoms with Crippen molar-refractivity contribution in [3.8, 4) is 0 Å². The van der Waals surface area contributed by atoms with Gasteiger partial charge in [-0.2, -0.15) is 0 Å². The van der Waals surface area contributed by atoms with Gasteiger partial charge < -0.3 is 4.90 Å². The molecule has 0 aromatic heterocycles. The van der Waals surface area contributed by atoms with Crippen LogP contribution in [0, 0.1) is 15.9 Å². The van der Waals surface area contributed by atoms with E-state index in [-0.39, 0.29) is 22.5 Å². The second-order valence-corrected chi connectivity index (χ2v) is 9.01. The molecule has 162 valence electrons. The Kier molecular flexibility index (Phi) is 4.66. The Labute approximate surface area is 194 Å². The number of fused-ring (bicyclic) bond motifs is 3. The Balaban J connectivity index is 1.52. The second-order valence-electron chi connectivity index (χ2n) is 8.18. The number of aliphatic imine (C=N–C) groups is 1. The summed E-state index contributed by atoms with van der Waals surface area (Å²) in [5.41, 5.74) is 7.22. The molecule has 1 aliphatic carbocycles. The van der Waals surface area contributed by atoms with Crippen molar-refractivity contribution in [2.75, 3.05) is 0 Å². The van der Waals surface area contributed by atoms with Gasteiger partial charge in [-0.15, -0.1) is 0 Å². The smallest absolute Gasteiger partial charge is 0.270 e. The van der Waals surface area contributed by atoms with E-state index in [1.165, 1.54) is 41.1 Å². The van der Waals surface area contributed by atoms with Crippen molar-refractivity contribution in [1.29, 1.82) is 0 Å². The van der Waals surface area contributed by atoms with E-state index in [4.69, 9.17) is 4.99 Å². The SMILES string of the molecule is O=[N+]([O-])c1cccc(C2=CSC3=NC4=C(CCc5ccccc54)[C@@H](c4ccc(F)cc4)N23)c1. The van der Waals surface area contributed by atoms with E-state index in [1.807, 2.05) is 29.7 Å². The summed E-state index contributed by atoms with van der Waals surface area (Å²) < 4.78 is 13.8. The maximum absolute atomic E-state index is 13.8. The molecule has 0 N–H and O–H groups in total.